The predicted octanol–water partition coefficient (Wildman–Crippen LogP) is 2.78. The lowest BCUT2D eigenvalue weighted by atomic mass is 10.0. The Labute approximate surface area is 129 Å². The van der Waals surface area contributed by atoms with Gasteiger partial charge in [-0.05, 0) is 48.1 Å². The number of anilines is 1. The topological polar surface area (TPSA) is 63.4 Å². The molecule has 1 aromatic carbocycles. The average molecular weight is 322 g/mol. The summed E-state index contributed by atoms with van der Waals surface area (Å²) in [6.07, 6.45) is 0.799. The average Bonchev–Trinajstić information content (AvgIpc) is 2.87. The molecule has 0 aliphatic carbocycles. The van der Waals surface area contributed by atoms with E-state index in [2.05, 4.69) is 0 Å². The minimum absolute atomic E-state index is 0.00184. The summed E-state index contributed by atoms with van der Waals surface area (Å²) in [7, 11) is -3.34. The number of rotatable bonds is 3. The number of thiophene rings is 1. The number of nitrogen functional groups attached to an aromatic ring is 1. The second-order valence-electron chi connectivity index (χ2n) is 5.34. The van der Waals surface area contributed by atoms with E-state index >= 15 is 0 Å². The molecule has 1 aliphatic heterocycles. The lowest BCUT2D eigenvalue weighted by Crippen LogP contribution is -2.38. The van der Waals surface area contributed by atoms with Crippen LogP contribution in [0.3, 0.4) is 0 Å². The molecule has 2 heterocycles. The Morgan fingerprint density at radius 3 is 2.95 bits per heavy atom. The highest BCUT2D eigenvalue weighted by atomic mass is 32.2. The summed E-state index contributed by atoms with van der Waals surface area (Å²) in [5.41, 5.74) is 8.19. The lowest BCUT2D eigenvalue weighted by molar-refractivity contribution is 0.328. The van der Waals surface area contributed by atoms with Gasteiger partial charge in [-0.3, -0.25) is 0 Å². The largest absolute Gasteiger partial charge is 0.399 e. The molecule has 0 amide bonds. The first-order valence-electron chi connectivity index (χ1n) is 6.87. The molecule has 0 radical (unpaired) electrons. The SMILES string of the molecule is CC1c2ccsc2CCN1S(=O)(=O)Cc1cccc(N)c1. The van der Waals surface area contributed by atoms with Gasteiger partial charge in [0.25, 0.3) is 0 Å². The van der Waals surface area contributed by atoms with Crippen molar-refractivity contribution in [3.8, 4) is 0 Å². The molecule has 21 heavy (non-hydrogen) atoms. The molecule has 1 atom stereocenters. The monoisotopic (exact) mass is 322 g/mol. The van der Waals surface area contributed by atoms with Crippen molar-refractivity contribution in [1.29, 1.82) is 0 Å². The number of benzene rings is 1. The van der Waals surface area contributed by atoms with Gasteiger partial charge in [-0.2, -0.15) is 4.31 Å². The molecule has 2 aromatic rings. The lowest BCUT2D eigenvalue weighted by Gasteiger charge is -2.32. The van der Waals surface area contributed by atoms with Gasteiger partial charge in [0, 0.05) is 23.2 Å². The second-order valence-corrected chi connectivity index (χ2v) is 8.26. The number of hydrogen-bond acceptors (Lipinski definition) is 4. The highest BCUT2D eigenvalue weighted by Crippen LogP contribution is 2.35. The maximum absolute atomic E-state index is 12.7. The summed E-state index contributed by atoms with van der Waals surface area (Å²) >= 11 is 1.71. The van der Waals surface area contributed by atoms with E-state index in [1.54, 1.807) is 39.9 Å². The molecule has 6 heteroatoms. The Morgan fingerprint density at radius 2 is 2.19 bits per heavy atom. The van der Waals surface area contributed by atoms with Crippen LogP contribution in [-0.4, -0.2) is 19.3 Å². The van der Waals surface area contributed by atoms with Gasteiger partial charge in [-0.25, -0.2) is 8.42 Å². The van der Waals surface area contributed by atoms with Crippen LogP contribution in [-0.2, 0) is 22.2 Å². The molecular formula is C15H18N2O2S2. The van der Waals surface area contributed by atoms with E-state index in [9.17, 15) is 8.42 Å². The van der Waals surface area contributed by atoms with Gasteiger partial charge in [0.15, 0.2) is 0 Å². The van der Waals surface area contributed by atoms with Crippen molar-refractivity contribution in [3.05, 3.63) is 51.7 Å². The van der Waals surface area contributed by atoms with Crippen LogP contribution in [0.4, 0.5) is 5.69 Å². The molecule has 2 N–H and O–H groups in total. The zero-order valence-electron chi connectivity index (χ0n) is 11.8. The van der Waals surface area contributed by atoms with E-state index in [1.807, 2.05) is 18.4 Å². The van der Waals surface area contributed by atoms with Gasteiger partial charge in [-0.15, -0.1) is 11.3 Å². The second kappa shape index (κ2) is 5.44. The smallest absolute Gasteiger partial charge is 0.218 e. The summed E-state index contributed by atoms with van der Waals surface area (Å²) in [6.45, 7) is 2.51. The van der Waals surface area contributed by atoms with Crippen LogP contribution in [0, 0.1) is 0 Å². The van der Waals surface area contributed by atoms with Crippen molar-refractivity contribution >= 4 is 27.0 Å². The van der Waals surface area contributed by atoms with Gasteiger partial charge < -0.3 is 5.73 Å². The molecular weight excluding hydrogens is 304 g/mol. The predicted molar refractivity (Wildman–Crippen MR) is 86.6 cm³/mol. The Kier molecular flexibility index (Phi) is 3.77. The third kappa shape index (κ3) is 2.84. The Balaban J connectivity index is 1.86. The van der Waals surface area contributed by atoms with E-state index in [1.165, 1.54) is 4.88 Å². The van der Waals surface area contributed by atoms with Crippen LogP contribution in [0.2, 0.25) is 0 Å². The summed E-state index contributed by atoms with van der Waals surface area (Å²) in [5.74, 6) is 0.00184. The van der Waals surface area contributed by atoms with E-state index in [0.29, 0.717) is 12.2 Å². The fraction of sp³-hybridized carbons (Fsp3) is 0.333. The van der Waals surface area contributed by atoms with Crippen molar-refractivity contribution in [3.63, 3.8) is 0 Å². The van der Waals surface area contributed by atoms with Crippen LogP contribution in [0.15, 0.2) is 35.7 Å². The van der Waals surface area contributed by atoms with Gasteiger partial charge in [0.2, 0.25) is 10.0 Å². The van der Waals surface area contributed by atoms with Gasteiger partial charge >= 0.3 is 0 Å². The van der Waals surface area contributed by atoms with E-state index in [0.717, 1.165) is 17.5 Å². The molecule has 1 aromatic heterocycles. The van der Waals surface area contributed by atoms with Gasteiger partial charge in [-0.1, -0.05) is 12.1 Å². The first-order chi connectivity index (χ1) is 9.97. The van der Waals surface area contributed by atoms with Crippen LogP contribution in [0.25, 0.3) is 0 Å². The molecule has 0 fully saturated rings. The van der Waals surface area contributed by atoms with E-state index in [4.69, 9.17) is 5.73 Å². The van der Waals surface area contributed by atoms with Crippen molar-refractivity contribution in [2.24, 2.45) is 0 Å². The first kappa shape index (κ1) is 14.6. The number of sulfonamides is 1. The van der Waals surface area contributed by atoms with Crippen molar-refractivity contribution < 1.29 is 8.42 Å². The van der Waals surface area contributed by atoms with Gasteiger partial charge in [0.1, 0.15) is 0 Å². The molecule has 1 aliphatic rings. The van der Waals surface area contributed by atoms with Crippen LogP contribution >= 0.6 is 11.3 Å². The highest BCUT2D eigenvalue weighted by molar-refractivity contribution is 7.88. The molecule has 0 saturated carbocycles. The van der Waals surface area contributed by atoms with Crippen LogP contribution in [0.1, 0.15) is 29.0 Å². The Hall–Kier alpha value is -1.37. The zero-order chi connectivity index (χ0) is 15.0. The van der Waals surface area contributed by atoms with Crippen molar-refractivity contribution in [2.75, 3.05) is 12.3 Å². The molecule has 4 nitrogen and oxygen atoms in total. The van der Waals surface area contributed by atoms with Gasteiger partial charge in [0.05, 0.1) is 5.75 Å². The maximum atomic E-state index is 12.7. The normalized spacial score (nSPS) is 19.4. The van der Waals surface area contributed by atoms with E-state index in [-0.39, 0.29) is 11.8 Å². The molecule has 112 valence electrons. The number of hydrogen-bond donors (Lipinski definition) is 1. The number of fused-ring (bicyclic) bond motifs is 1. The highest BCUT2D eigenvalue weighted by Gasteiger charge is 2.33. The molecule has 0 spiro atoms. The fourth-order valence-electron chi connectivity index (χ4n) is 2.84. The molecule has 3 rings (SSSR count). The summed E-state index contributed by atoms with van der Waals surface area (Å²) in [5, 5.41) is 2.04. The van der Waals surface area contributed by atoms with Crippen LogP contribution in [0.5, 0.6) is 0 Å². The Bertz CT molecular complexity index is 753. The molecule has 0 bridgehead atoms. The summed E-state index contributed by atoms with van der Waals surface area (Å²) in [6, 6.07) is 9.02. The summed E-state index contributed by atoms with van der Waals surface area (Å²) < 4.78 is 27.0. The first-order valence-corrected chi connectivity index (χ1v) is 9.36. The molecule has 1 unspecified atom stereocenters. The summed E-state index contributed by atoms with van der Waals surface area (Å²) in [4.78, 5) is 1.30. The minimum atomic E-state index is -3.34. The van der Waals surface area contributed by atoms with Crippen molar-refractivity contribution in [2.45, 2.75) is 25.1 Å². The fourth-order valence-corrected chi connectivity index (χ4v) is 5.54. The number of nitrogens with zero attached hydrogens (tertiary/aromatic N) is 1. The maximum Gasteiger partial charge on any atom is 0.218 e. The van der Waals surface area contributed by atoms with E-state index < -0.39 is 10.0 Å². The minimum Gasteiger partial charge on any atom is -0.399 e. The van der Waals surface area contributed by atoms with Crippen molar-refractivity contribution in [1.82, 2.24) is 4.31 Å². The zero-order valence-corrected chi connectivity index (χ0v) is 13.5. The quantitative estimate of drug-likeness (QED) is 0.884. The third-order valence-electron chi connectivity index (χ3n) is 3.88. The third-order valence-corrected chi connectivity index (χ3v) is 6.79. The molecule has 0 saturated heterocycles. The number of nitrogens with two attached hydrogens (primary N) is 1. The van der Waals surface area contributed by atoms with Crippen LogP contribution < -0.4 is 5.73 Å². The Morgan fingerprint density at radius 1 is 1.38 bits per heavy atom. The standard InChI is InChI=1S/C15H18N2O2S2/c1-11-14-6-8-20-15(14)5-7-17(11)21(18,19)10-12-3-2-4-13(16)9-12/h2-4,6,8-9,11H,5,7,10,16H2,1H3.